The fourth-order valence-electron chi connectivity index (χ4n) is 3.22. The minimum atomic E-state index is -0.130. The van der Waals surface area contributed by atoms with Crippen LogP contribution >= 0.6 is 0 Å². The summed E-state index contributed by atoms with van der Waals surface area (Å²) in [5.74, 6) is 0.263. The first-order valence-electron chi connectivity index (χ1n) is 7.43. The lowest BCUT2D eigenvalue weighted by atomic mass is 9.61. The summed E-state index contributed by atoms with van der Waals surface area (Å²) in [5, 5.41) is 11.9. The van der Waals surface area contributed by atoms with Gasteiger partial charge in [0.05, 0.1) is 11.6 Å². The highest BCUT2D eigenvalue weighted by Gasteiger charge is 2.44. The molecule has 3 unspecified atom stereocenters. The Morgan fingerprint density at radius 1 is 1.43 bits per heavy atom. The third-order valence-electron chi connectivity index (χ3n) is 5.08. The Balaban J connectivity index is 2.14. The second kappa shape index (κ2) is 5.87. The van der Waals surface area contributed by atoms with Crippen LogP contribution in [0.2, 0.25) is 0 Å². The van der Waals surface area contributed by atoms with Crippen LogP contribution in [0.1, 0.15) is 39.2 Å². The van der Waals surface area contributed by atoms with Gasteiger partial charge in [0.2, 0.25) is 5.91 Å². The Morgan fingerprint density at radius 2 is 2.14 bits per heavy atom. The Labute approximate surface area is 126 Å². The van der Waals surface area contributed by atoms with Crippen LogP contribution in [0.25, 0.3) is 0 Å². The van der Waals surface area contributed by atoms with Gasteiger partial charge in [-0.25, -0.2) is 0 Å². The standard InChI is InChI=1S/C17H23N3O/c1-11-15(19)8-7-14(17(11,2)3)16(21)20-13-6-4-5-12(9-13)10-18/h4-6,9,11,14-15H,7-8,19H2,1-3H3,(H,20,21). The van der Waals surface area contributed by atoms with E-state index in [1.807, 2.05) is 6.07 Å². The summed E-state index contributed by atoms with van der Waals surface area (Å²) in [5.41, 5.74) is 7.23. The number of nitriles is 1. The molecule has 0 spiro atoms. The molecule has 0 aliphatic heterocycles. The van der Waals surface area contributed by atoms with Crippen molar-refractivity contribution in [2.45, 2.75) is 39.7 Å². The first kappa shape index (κ1) is 15.5. The van der Waals surface area contributed by atoms with E-state index in [-0.39, 0.29) is 23.3 Å². The normalized spacial score (nSPS) is 27.7. The molecule has 0 radical (unpaired) electrons. The van der Waals surface area contributed by atoms with Crippen LogP contribution in [-0.2, 0) is 4.79 Å². The van der Waals surface area contributed by atoms with Crippen molar-refractivity contribution in [3.63, 3.8) is 0 Å². The van der Waals surface area contributed by atoms with E-state index in [9.17, 15) is 4.79 Å². The zero-order valence-electron chi connectivity index (χ0n) is 12.9. The number of anilines is 1. The van der Waals surface area contributed by atoms with Crippen molar-refractivity contribution < 1.29 is 4.79 Å². The molecule has 1 fully saturated rings. The zero-order chi connectivity index (χ0) is 15.6. The Bertz CT molecular complexity index is 574. The fourth-order valence-corrected chi connectivity index (χ4v) is 3.22. The molecular weight excluding hydrogens is 262 g/mol. The van der Waals surface area contributed by atoms with E-state index in [0.29, 0.717) is 17.2 Å². The summed E-state index contributed by atoms with van der Waals surface area (Å²) in [6, 6.07) is 9.25. The molecule has 0 heterocycles. The molecule has 1 amide bonds. The number of hydrogen-bond acceptors (Lipinski definition) is 3. The van der Waals surface area contributed by atoms with E-state index in [1.54, 1.807) is 18.2 Å². The van der Waals surface area contributed by atoms with Crippen molar-refractivity contribution in [2.24, 2.45) is 23.0 Å². The number of benzene rings is 1. The van der Waals surface area contributed by atoms with Gasteiger partial charge in [-0.05, 0) is 42.4 Å². The third-order valence-corrected chi connectivity index (χ3v) is 5.08. The molecule has 112 valence electrons. The van der Waals surface area contributed by atoms with E-state index in [0.717, 1.165) is 12.8 Å². The molecule has 4 heteroatoms. The minimum Gasteiger partial charge on any atom is -0.327 e. The summed E-state index contributed by atoms with van der Waals surface area (Å²) in [4.78, 5) is 12.6. The molecule has 1 aromatic carbocycles. The lowest BCUT2D eigenvalue weighted by Crippen LogP contribution is -2.50. The van der Waals surface area contributed by atoms with E-state index in [1.165, 1.54) is 0 Å². The van der Waals surface area contributed by atoms with Crippen LogP contribution in [0.4, 0.5) is 5.69 Å². The van der Waals surface area contributed by atoms with Gasteiger partial charge in [0.1, 0.15) is 0 Å². The molecule has 0 saturated heterocycles. The molecule has 21 heavy (non-hydrogen) atoms. The summed E-state index contributed by atoms with van der Waals surface area (Å²) < 4.78 is 0. The number of nitrogens with zero attached hydrogens (tertiary/aromatic N) is 1. The predicted molar refractivity (Wildman–Crippen MR) is 83.4 cm³/mol. The van der Waals surface area contributed by atoms with Crippen molar-refractivity contribution in [2.75, 3.05) is 5.32 Å². The number of rotatable bonds is 2. The molecule has 1 aliphatic rings. The largest absolute Gasteiger partial charge is 0.327 e. The monoisotopic (exact) mass is 285 g/mol. The van der Waals surface area contributed by atoms with E-state index < -0.39 is 0 Å². The van der Waals surface area contributed by atoms with Crippen LogP contribution in [0.15, 0.2) is 24.3 Å². The second-order valence-corrected chi connectivity index (χ2v) is 6.59. The molecule has 1 saturated carbocycles. The molecule has 0 bridgehead atoms. The fraction of sp³-hybridized carbons (Fsp3) is 0.529. The highest BCUT2D eigenvalue weighted by molar-refractivity contribution is 5.93. The maximum absolute atomic E-state index is 12.6. The average molecular weight is 285 g/mol. The van der Waals surface area contributed by atoms with Crippen LogP contribution < -0.4 is 11.1 Å². The van der Waals surface area contributed by atoms with E-state index in [2.05, 4.69) is 32.2 Å². The topological polar surface area (TPSA) is 78.9 Å². The first-order chi connectivity index (χ1) is 9.86. The molecule has 0 aromatic heterocycles. The van der Waals surface area contributed by atoms with Crippen LogP contribution in [0, 0.1) is 28.6 Å². The van der Waals surface area contributed by atoms with Gasteiger partial charge in [0, 0.05) is 17.6 Å². The van der Waals surface area contributed by atoms with Gasteiger partial charge in [-0.3, -0.25) is 4.79 Å². The highest BCUT2D eigenvalue weighted by Crippen LogP contribution is 2.44. The number of carbonyl (C=O) groups is 1. The summed E-state index contributed by atoms with van der Waals surface area (Å²) >= 11 is 0. The molecule has 3 N–H and O–H groups in total. The Morgan fingerprint density at radius 3 is 2.81 bits per heavy atom. The van der Waals surface area contributed by atoms with Gasteiger partial charge in [-0.2, -0.15) is 5.26 Å². The number of carbonyl (C=O) groups excluding carboxylic acids is 1. The maximum Gasteiger partial charge on any atom is 0.228 e. The lowest BCUT2D eigenvalue weighted by molar-refractivity contribution is -0.127. The lowest BCUT2D eigenvalue weighted by Gasteiger charge is -2.46. The van der Waals surface area contributed by atoms with Crippen LogP contribution in [0.3, 0.4) is 0 Å². The zero-order valence-corrected chi connectivity index (χ0v) is 12.9. The molecule has 4 nitrogen and oxygen atoms in total. The number of nitrogens with two attached hydrogens (primary N) is 1. The van der Waals surface area contributed by atoms with Crippen LogP contribution in [0.5, 0.6) is 0 Å². The predicted octanol–water partition coefficient (Wildman–Crippen LogP) is 2.90. The van der Waals surface area contributed by atoms with Gasteiger partial charge in [-0.1, -0.05) is 26.8 Å². The molecule has 2 rings (SSSR count). The summed E-state index contributed by atoms with van der Waals surface area (Å²) in [6.07, 6.45) is 1.68. The second-order valence-electron chi connectivity index (χ2n) is 6.59. The number of nitrogens with one attached hydrogen (secondary N) is 1. The van der Waals surface area contributed by atoms with Crippen molar-refractivity contribution in [1.82, 2.24) is 0 Å². The first-order valence-corrected chi connectivity index (χ1v) is 7.43. The summed E-state index contributed by atoms with van der Waals surface area (Å²) in [7, 11) is 0. The SMILES string of the molecule is CC1C(N)CCC(C(=O)Nc2cccc(C#N)c2)C1(C)C. The quantitative estimate of drug-likeness (QED) is 0.877. The Hall–Kier alpha value is -1.86. The van der Waals surface area contributed by atoms with Gasteiger partial charge in [0.25, 0.3) is 0 Å². The maximum atomic E-state index is 12.6. The van der Waals surface area contributed by atoms with Crippen molar-refractivity contribution in [1.29, 1.82) is 5.26 Å². The number of amides is 1. The average Bonchev–Trinajstić information content (AvgIpc) is 2.45. The van der Waals surface area contributed by atoms with Gasteiger partial charge < -0.3 is 11.1 Å². The smallest absolute Gasteiger partial charge is 0.228 e. The molecule has 1 aliphatic carbocycles. The number of hydrogen-bond donors (Lipinski definition) is 2. The summed E-state index contributed by atoms with van der Waals surface area (Å²) in [6.45, 7) is 6.36. The van der Waals surface area contributed by atoms with Gasteiger partial charge in [0.15, 0.2) is 0 Å². The molecule has 1 aromatic rings. The van der Waals surface area contributed by atoms with E-state index >= 15 is 0 Å². The highest BCUT2D eigenvalue weighted by atomic mass is 16.1. The third kappa shape index (κ3) is 3.08. The van der Waals surface area contributed by atoms with Crippen molar-refractivity contribution in [3.05, 3.63) is 29.8 Å². The molecule has 3 atom stereocenters. The van der Waals surface area contributed by atoms with Crippen LogP contribution in [-0.4, -0.2) is 11.9 Å². The van der Waals surface area contributed by atoms with Gasteiger partial charge in [-0.15, -0.1) is 0 Å². The molecular formula is C17H23N3O. The Kier molecular flexibility index (Phi) is 4.34. The van der Waals surface area contributed by atoms with Crippen molar-refractivity contribution in [3.8, 4) is 6.07 Å². The van der Waals surface area contributed by atoms with Gasteiger partial charge >= 0.3 is 0 Å². The van der Waals surface area contributed by atoms with Crippen molar-refractivity contribution >= 4 is 11.6 Å². The minimum absolute atomic E-state index is 0.0221. The van der Waals surface area contributed by atoms with E-state index in [4.69, 9.17) is 11.0 Å².